The number of fused-ring (bicyclic) bond motifs is 1. The van der Waals surface area contributed by atoms with E-state index >= 15 is 0 Å². The van der Waals surface area contributed by atoms with Gasteiger partial charge < -0.3 is 5.73 Å². The molecule has 0 amide bonds. The Bertz CT molecular complexity index is 561. The maximum Gasteiger partial charge on any atom is 0.202 e. The first-order valence-electron chi connectivity index (χ1n) is 6.26. The molecule has 1 saturated carbocycles. The van der Waals surface area contributed by atoms with Crippen LogP contribution >= 0.6 is 0 Å². The normalized spacial score (nSPS) is 18.5. The van der Waals surface area contributed by atoms with Crippen LogP contribution in [0.4, 0.5) is 5.95 Å². The summed E-state index contributed by atoms with van der Waals surface area (Å²) in [5.74, 6) is 1.36. The Hall–Kier alpha value is -1.52. The molecule has 17 heavy (non-hydrogen) atoms. The van der Waals surface area contributed by atoms with E-state index in [2.05, 4.69) is 21.6 Å². The SMILES string of the molecule is Cc1nn(C)c2c1nc(N)n2C(C)C1CCC1. The van der Waals surface area contributed by atoms with Crippen LogP contribution < -0.4 is 5.73 Å². The molecule has 2 heterocycles. The molecule has 1 aliphatic carbocycles. The van der Waals surface area contributed by atoms with Crippen LogP contribution in [-0.2, 0) is 7.05 Å². The Morgan fingerprint density at radius 3 is 2.71 bits per heavy atom. The van der Waals surface area contributed by atoms with Crippen molar-refractivity contribution in [3.8, 4) is 0 Å². The van der Waals surface area contributed by atoms with E-state index in [9.17, 15) is 0 Å². The number of hydrogen-bond acceptors (Lipinski definition) is 3. The molecule has 0 radical (unpaired) electrons. The molecule has 5 heteroatoms. The lowest BCUT2D eigenvalue weighted by molar-refractivity contribution is 0.226. The fraction of sp³-hybridized carbons (Fsp3) is 0.667. The summed E-state index contributed by atoms with van der Waals surface area (Å²) in [7, 11) is 1.96. The number of imidazole rings is 1. The molecule has 1 aliphatic rings. The molecular formula is C12H19N5. The topological polar surface area (TPSA) is 61.7 Å². The molecule has 0 aromatic carbocycles. The molecule has 0 aliphatic heterocycles. The van der Waals surface area contributed by atoms with E-state index in [4.69, 9.17) is 5.73 Å². The highest BCUT2D eigenvalue weighted by Crippen LogP contribution is 2.38. The van der Waals surface area contributed by atoms with Gasteiger partial charge in [-0.3, -0.25) is 9.25 Å². The molecule has 1 atom stereocenters. The van der Waals surface area contributed by atoms with Gasteiger partial charge in [-0.2, -0.15) is 5.10 Å². The first kappa shape index (κ1) is 10.6. The van der Waals surface area contributed by atoms with Crippen LogP contribution in [-0.4, -0.2) is 19.3 Å². The smallest absolute Gasteiger partial charge is 0.202 e. The third-order valence-electron chi connectivity index (χ3n) is 4.10. The van der Waals surface area contributed by atoms with Crippen molar-refractivity contribution in [1.82, 2.24) is 19.3 Å². The van der Waals surface area contributed by atoms with Crippen molar-refractivity contribution in [2.75, 3.05) is 5.73 Å². The van der Waals surface area contributed by atoms with E-state index in [-0.39, 0.29) is 0 Å². The molecule has 1 fully saturated rings. The van der Waals surface area contributed by atoms with E-state index in [0.717, 1.165) is 22.8 Å². The molecule has 5 nitrogen and oxygen atoms in total. The van der Waals surface area contributed by atoms with Gasteiger partial charge in [-0.15, -0.1) is 0 Å². The Balaban J connectivity index is 2.16. The van der Waals surface area contributed by atoms with Gasteiger partial charge in [0.25, 0.3) is 0 Å². The molecule has 0 spiro atoms. The van der Waals surface area contributed by atoms with Gasteiger partial charge in [0.1, 0.15) is 5.52 Å². The lowest BCUT2D eigenvalue weighted by Gasteiger charge is -2.32. The van der Waals surface area contributed by atoms with Crippen molar-refractivity contribution in [3.63, 3.8) is 0 Å². The molecule has 92 valence electrons. The molecule has 2 aromatic heterocycles. The fourth-order valence-corrected chi connectivity index (χ4v) is 2.85. The Labute approximate surface area is 101 Å². The van der Waals surface area contributed by atoms with E-state index in [1.54, 1.807) is 0 Å². The van der Waals surface area contributed by atoms with Crippen LogP contribution in [0.15, 0.2) is 0 Å². The zero-order chi connectivity index (χ0) is 12.2. The molecule has 3 rings (SSSR count). The monoisotopic (exact) mass is 233 g/mol. The molecule has 1 unspecified atom stereocenters. The number of rotatable bonds is 2. The summed E-state index contributed by atoms with van der Waals surface area (Å²) in [6.45, 7) is 4.22. The van der Waals surface area contributed by atoms with Crippen LogP contribution in [0.3, 0.4) is 0 Å². The summed E-state index contributed by atoms with van der Waals surface area (Å²) in [6, 6.07) is 0.420. The molecule has 2 aromatic rings. The average molecular weight is 233 g/mol. The number of nitrogen functional groups attached to an aromatic ring is 1. The number of nitrogens with zero attached hydrogens (tertiary/aromatic N) is 4. The lowest BCUT2D eigenvalue weighted by atomic mass is 9.80. The van der Waals surface area contributed by atoms with E-state index in [1.165, 1.54) is 19.3 Å². The quantitative estimate of drug-likeness (QED) is 0.863. The van der Waals surface area contributed by atoms with Gasteiger partial charge in [-0.05, 0) is 32.6 Å². The third-order valence-corrected chi connectivity index (χ3v) is 4.10. The fourth-order valence-electron chi connectivity index (χ4n) is 2.85. The third kappa shape index (κ3) is 1.38. The summed E-state index contributed by atoms with van der Waals surface area (Å²) >= 11 is 0. The van der Waals surface area contributed by atoms with Crippen molar-refractivity contribution in [2.45, 2.75) is 39.2 Å². The van der Waals surface area contributed by atoms with Crippen LogP contribution in [0.1, 0.15) is 37.9 Å². The van der Waals surface area contributed by atoms with Crippen LogP contribution in [0.2, 0.25) is 0 Å². The number of hydrogen-bond donors (Lipinski definition) is 1. The minimum atomic E-state index is 0.420. The predicted octanol–water partition coefficient (Wildman–Crippen LogP) is 2.02. The van der Waals surface area contributed by atoms with E-state index < -0.39 is 0 Å². The second-order valence-electron chi connectivity index (χ2n) is 5.15. The van der Waals surface area contributed by atoms with Gasteiger partial charge in [-0.1, -0.05) is 6.42 Å². The first-order chi connectivity index (χ1) is 8.09. The number of aryl methyl sites for hydroxylation is 2. The van der Waals surface area contributed by atoms with Crippen LogP contribution in [0.5, 0.6) is 0 Å². The minimum absolute atomic E-state index is 0.420. The van der Waals surface area contributed by atoms with Gasteiger partial charge in [0, 0.05) is 13.1 Å². The zero-order valence-electron chi connectivity index (χ0n) is 10.6. The maximum absolute atomic E-state index is 6.06. The average Bonchev–Trinajstić information content (AvgIpc) is 2.63. The van der Waals surface area contributed by atoms with Crippen molar-refractivity contribution < 1.29 is 0 Å². The van der Waals surface area contributed by atoms with Crippen molar-refractivity contribution in [3.05, 3.63) is 5.69 Å². The van der Waals surface area contributed by atoms with Gasteiger partial charge in [-0.25, -0.2) is 4.98 Å². The highest BCUT2D eigenvalue weighted by Gasteiger charge is 2.29. The summed E-state index contributed by atoms with van der Waals surface area (Å²) in [4.78, 5) is 4.45. The molecule has 2 N–H and O–H groups in total. The molecule has 0 bridgehead atoms. The summed E-state index contributed by atoms with van der Waals surface area (Å²) in [5, 5.41) is 4.42. The molecule has 0 saturated heterocycles. The van der Waals surface area contributed by atoms with Crippen LogP contribution in [0, 0.1) is 12.8 Å². The van der Waals surface area contributed by atoms with Crippen molar-refractivity contribution >= 4 is 17.1 Å². The summed E-state index contributed by atoms with van der Waals surface area (Å²) < 4.78 is 4.04. The Morgan fingerprint density at radius 1 is 1.41 bits per heavy atom. The predicted molar refractivity (Wildman–Crippen MR) is 67.7 cm³/mol. The Kier molecular flexibility index (Phi) is 2.18. The van der Waals surface area contributed by atoms with Crippen molar-refractivity contribution in [1.29, 1.82) is 0 Å². The zero-order valence-corrected chi connectivity index (χ0v) is 10.6. The second kappa shape index (κ2) is 3.48. The summed E-state index contributed by atoms with van der Waals surface area (Å²) in [5.41, 5.74) is 9.01. The maximum atomic E-state index is 6.06. The largest absolute Gasteiger partial charge is 0.369 e. The van der Waals surface area contributed by atoms with Gasteiger partial charge in [0.05, 0.1) is 5.69 Å². The number of anilines is 1. The lowest BCUT2D eigenvalue weighted by Crippen LogP contribution is -2.24. The van der Waals surface area contributed by atoms with Gasteiger partial charge in [0.2, 0.25) is 5.95 Å². The number of aromatic nitrogens is 4. The second-order valence-corrected chi connectivity index (χ2v) is 5.15. The van der Waals surface area contributed by atoms with Crippen LogP contribution in [0.25, 0.3) is 11.2 Å². The van der Waals surface area contributed by atoms with Gasteiger partial charge >= 0.3 is 0 Å². The van der Waals surface area contributed by atoms with E-state index in [0.29, 0.717) is 12.0 Å². The molecular weight excluding hydrogens is 214 g/mol. The van der Waals surface area contributed by atoms with E-state index in [1.807, 2.05) is 18.7 Å². The van der Waals surface area contributed by atoms with Crippen molar-refractivity contribution in [2.24, 2.45) is 13.0 Å². The summed E-state index contributed by atoms with van der Waals surface area (Å²) in [6.07, 6.45) is 3.95. The van der Waals surface area contributed by atoms with Gasteiger partial charge in [0.15, 0.2) is 5.65 Å². The first-order valence-corrected chi connectivity index (χ1v) is 6.26. The minimum Gasteiger partial charge on any atom is -0.369 e. The standard InChI is InChI=1S/C12H19N5/c1-7-10-11(16(3)15-7)17(12(13)14-10)8(2)9-5-4-6-9/h8-9H,4-6H2,1-3H3,(H2,13,14). The highest BCUT2D eigenvalue weighted by atomic mass is 15.4. The number of nitrogens with two attached hydrogens (primary N) is 1. The Morgan fingerprint density at radius 2 is 2.12 bits per heavy atom. The highest BCUT2D eigenvalue weighted by molar-refractivity contribution is 5.77.